The van der Waals surface area contributed by atoms with Gasteiger partial charge in [-0.3, -0.25) is 9.78 Å². The van der Waals surface area contributed by atoms with Gasteiger partial charge in [0.25, 0.3) is 0 Å². The summed E-state index contributed by atoms with van der Waals surface area (Å²) in [7, 11) is 0. The van der Waals surface area contributed by atoms with Crippen LogP contribution in [-0.2, 0) is 17.8 Å². The van der Waals surface area contributed by atoms with Gasteiger partial charge in [0.05, 0.1) is 24.9 Å². The molecule has 1 unspecified atom stereocenters. The molecular formula is C20H27N5O2. The van der Waals surface area contributed by atoms with Gasteiger partial charge in [0.1, 0.15) is 5.82 Å². The maximum Gasteiger partial charge on any atom is 0.219 e. The minimum Gasteiger partial charge on any atom is -0.394 e. The molecule has 1 aliphatic rings. The van der Waals surface area contributed by atoms with E-state index in [1.165, 1.54) is 0 Å². The molecule has 0 radical (unpaired) electrons. The molecule has 2 aromatic rings. The van der Waals surface area contributed by atoms with Crippen molar-refractivity contribution in [1.29, 1.82) is 0 Å². The summed E-state index contributed by atoms with van der Waals surface area (Å²) in [6.07, 6.45) is 7.15. The molecule has 1 aliphatic heterocycles. The summed E-state index contributed by atoms with van der Waals surface area (Å²) in [5, 5.41) is 13.2. The lowest BCUT2D eigenvalue weighted by Crippen LogP contribution is -2.36. The SMILES string of the molecule is CCCCC(CO)Nc1nc(-c2cccnc2)nc2c1CCN(C(C)=O)C2. The van der Waals surface area contributed by atoms with E-state index in [9.17, 15) is 9.90 Å². The largest absolute Gasteiger partial charge is 0.394 e. The molecule has 0 bridgehead atoms. The van der Waals surface area contributed by atoms with Crippen molar-refractivity contribution in [2.24, 2.45) is 0 Å². The van der Waals surface area contributed by atoms with Gasteiger partial charge in [-0.05, 0) is 25.0 Å². The zero-order chi connectivity index (χ0) is 19.2. The Balaban J connectivity index is 1.98. The van der Waals surface area contributed by atoms with Crippen molar-refractivity contribution in [3.8, 4) is 11.4 Å². The molecule has 0 aromatic carbocycles. The molecule has 2 N–H and O–H groups in total. The number of aromatic nitrogens is 3. The van der Waals surface area contributed by atoms with Crippen LogP contribution in [0.3, 0.4) is 0 Å². The lowest BCUT2D eigenvalue weighted by Gasteiger charge is -2.29. The molecule has 0 spiro atoms. The number of rotatable bonds is 7. The number of anilines is 1. The van der Waals surface area contributed by atoms with Crippen LogP contribution in [0.4, 0.5) is 5.82 Å². The molecule has 27 heavy (non-hydrogen) atoms. The van der Waals surface area contributed by atoms with Crippen LogP contribution >= 0.6 is 0 Å². The third-order valence-electron chi connectivity index (χ3n) is 4.90. The number of carbonyl (C=O) groups is 1. The number of aliphatic hydroxyl groups is 1. The van der Waals surface area contributed by atoms with Crippen molar-refractivity contribution in [3.05, 3.63) is 35.8 Å². The number of nitrogens with zero attached hydrogens (tertiary/aromatic N) is 4. The number of hydrogen-bond acceptors (Lipinski definition) is 6. The quantitative estimate of drug-likeness (QED) is 0.779. The molecular weight excluding hydrogens is 342 g/mol. The number of fused-ring (bicyclic) bond motifs is 1. The zero-order valence-corrected chi connectivity index (χ0v) is 16.0. The van der Waals surface area contributed by atoms with E-state index in [0.29, 0.717) is 25.3 Å². The van der Waals surface area contributed by atoms with Gasteiger partial charge in [-0.25, -0.2) is 9.97 Å². The summed E-state index contributed by atoms with van der Waals surface area (Å²) in [5.41, 5.74) is 2.73. The first-order valence-corrected chi connectivity index (χ1v) is 9.55. The highest BCUT2D eigenvalue weighted by Gasteiger charge is 2.25. The van der Waals surface area contributed by atoms with Gasteiger partial charge < -0.3 is 15.3 Å². The molecule has 0 saturated carbocycles. The fraction of sp³-hybridized carbons (Fsp3) is 0.500. The Labute approximate surface area is 159 Å². The van der Waals surface area contributed by atoms with Gasteiger partial charge in [0.15, 0.2) is 5.82 Å². The highest BCUT2D eigenvalue weighted by molar-refractivity contribution is 5.74. The van der Waals surface area contributed by atoms with Gasteiger partial charge in [-0.15, -0.1) is 0 Å². The number of hydrogen-bond donors (Lipinski definition) is 2. The van der Waals surface area contributed by atoms with Crippen LogP contribution < -0.4 is 5.32 Å². The third kappa shape index (κ3) is 4.60. The maximum atomic E-state index is 11.8. The van der Waals surface area contributed by atoms with Crippen LogP contribution in [0.15, 0.2) is 24.5 Å². The lowest BCUT2D eigenvalue weighted by atomic mass is 10.0. The molecule has 1 atom stereocenters. The summed E-state index contributed by atoms with van der Waals surface area (Å²) >= 11 is 0. The molecule has 144 valence electrons. The Hall–Kier alpha value is -2.54. The number of aliphatic hydroxyl groups excluding tert-OH is 1. The predicted octanol–water partition coefficient (Wildman–Crippen LogP) is 2.41. The van der Waals surface area contributed by atoms with Crippen LogP contribution in [0.25, 0.3) is 11.4 Å². The van der Waals surface area contributed by atoms with Gasteiger partial charge in [0.2, 0.25) is 5.91 Å². The van der Waals surface area contributed by atoms with E-state index >= 15 is 0 Å². The summed E-state index contributed by atoms with van der Waals surface area (Å²) in [4.78, 5) is 27.2. The second kappa shape index (κ2) is 8.90. The van der Waals surface area contributed by atoms with Crippen molar-refractivity contribution in [2.75, 3.05) is 18.5 Å². The van der Waals surface area contributed by atoms with Crippen molar-refractivity contribution >= 4 is 11.7 Å². The lowest BCUT2D eigenvalue weighted by molar-refractivity contribution is -0.129. The van der Waals surface area contributed by atoms with Gasteiger partial charge >= 0.3 is 0 Å². The number of nitrogens with one attached hydrogen (secondary N) is 1. The normalized spacial score (nSPS) is 14.6. The average Bonchev–Trinajstić information content (AvgIpc) is 2.70. The Morgan fingerprint density at radius 3 is 2.93 bits per heavy atom. The Morgan fingerprint density at radius 2 is 2.26 bits per heavy atom. The highest BCUT2D eigenvalue weighted by atomic mass is 16.3. The first-order valence-electron chi connectivity index (χ1n) is 9.55. The second-order valence-electron chi connectivity index (χ2n) is 6.92. The third-order valence-corrected chi connectivity index (χ3v) is 4.90. The van der Waals surface area contributed by atoms with E-state index in [2.05, 4.69) is 17.2 Å². The second-order valence-corrected chi connectivity index (χ2v) is 6.92. The molecule has 7 heteroatoms. The van der Waals surface area contributed by atoms with Crippen LogP contribution in [0.5, 0.6) is 0 Å². The van der Waals surface area contributed by atoms with E-state index in [1.807, 2.05) is 12.1 Å². The standard InChI is InChI=1S/C20H27N5O2/c1-3-4-7-16(13-26)22-20-17-8-10-25(14(2)27)12-18(17)23-19(24-20)15-6-5-9-21-11-15/h5-6,9,11,16,26H,3-4,7-8,10,12-13H2,1-2H3,(H,22,23,24). The summed E-state index contributed by atoms with van der Waals surface area (Å²) in [6.45, 7) is 4.91. The summed E-state index contributed by atoms with van der Waals surface area (Å²) in [5.74, 6) is 1.40. The molecule has 3 heterocycles. The van der Waals surface area contributed by atoms with E-state index in [0.717, 1.165) is 41.9 Å². The van der Waals surface area contributed by atoms with Crippen LogP contribution in [0, 0.1) is 0 Å². The van der Waals surface area contributed by atoms with Crippen molar-refractivity contribution < 1.29 is 9.90 Å². The van der Waals surface area contributed by atoms with Crippen LogP contribution in [0.2, 0.25) is 0 Å². The number of amides is 1. The smallest absolute Gasteiger partial charge is 0.219 e. The number of pyridine rings is 1. The van der Waals surface area contributed by atoms with E-state index < -0.39 is 0 Å². The van der Waals surface area contributed by atoms with Crippen molar-refractivity contribution in [3.63, 3.8) is 0 Å². The summed E-state index contributed by atoms with van der Waals surface area (Å²) in [6, 6.07) is 3.73. The number of unbranched alkanes of at least 4 members (excludes halogenated alkanes) is 1. The highest BCUT2D eigenvalue weighted by Crippen LogP contribution is 2.28. The van der Waals surface area contributed by atoms with Crippen molar-refractivity contribution in [1.82, 2.24) is 19.9 Å². The summed E-state index contributed by atoms with van der Waals surface area (Å²) < 4.78 is 0. The topological polar surface area (TPSA) is 91.2 Å². The molecule has 2 aromatic heterocycles. The minimum atomic E-state index is -0.0449. The Kier molecular flexibility index (Phi) is 6.34. The fourth-order valence-electron chi connectivity index (χ4n) is 3.30. The number of carbonyl (C=O) groups excluding carboxylic acids is 1. The molecule has 0 saturated heterocycles. The molecule has 0 aliphatic carbocycles. The van der Waals surface area contributed by atoms with Crippen molar-refractivity contribution in [2.45, 2.75) is 52.1 Å². The van der Waals surface area contributed by atoms with E-state index in [1.54, 1.807) is 24.2 Å². The monoisotopic (exact) mass is 369 g/mol. The van der Waals surface area contributed by atoms with Gasteiger partial charge in [-0.1, -0.05) is 19.8 Å². The predicted molar refractivity (Wildman–Crippen MR) is 104 cm³/mol. The average molecular weight is 369 g/mol. The first kappa shape index (κ1) is 19.2. The van der Waals surface area contributed by atoms with Crippen LogP contribution in [-0.4, -0.2) is 50.1 Å². The molecule has 7 nitrogen and oxygen atoms in total. The Morgan fingerprint density at radius 1 is 1.41 bits per heavy atom. The fourth-order valence-corrected chi connectivity index (χ4v) is 3.30. The molecule has 0 fully saturated rings. The van der Waals surface area contributed by atoms with Gasteiger partial charge in [-0.2, -0.15) is 0 Å². The van der Waals surface area contributed by atoms with Crippen LogP contribution in [0.1, 0.15) is 44.4 Å². The first-order chi connectivity index (χ1) is 13.1. The Bertz CT molecular complexity index is 781. The van der Waals surface area contributed by atoms with E-state index in [-0.39, 0.29) is 18.6 Å². The molecule has 1 amide bonds. The molecule has 3 rings (SSSR count). The zero-order valence-electron chi connectivity index (χ0n) is 16.0. The van der Waals surface area contributed by atoms with E-state index in [4.69, 9.17) is 9.97 Å². The minimum absolute atomic E-state index is 0.0449. The van der Waals surface area contributed by atoms with Gasteiger partial charge in [0, 0.05) is 37.0 Å². The maximum absolute atomic E-state index is 11.8.